The first-order valence-corrected chi connectivity index (χ1v) is 7.00. The third-order valence-electron chi connectivity index (χ3n) is 2.74. The van der Waals surface area contributed by atoms with E-state index in [0.29, 0.717) is 10.8 Å². The third kappa shape index (κ3) is 2.98. The summed E-state index contributed by atoms with van der Waals surface area (Å²) in [5.41, 5.74) is 0.973. The zero-order valence-corrected chi connectivity index (χ0v) is 11.2. The Hall–Kier alpha value is -0.750. The van der Waals surface area contributed by atoms with Crippen molar-refractivity contribution in [1.29, 1.82) is 0 Å². The molecule has 1 fully saturated rings. The second-order valence-electron chi connectivity index (χ2n) is 4.10. The molecule has 0 bridgehead atoms. The number of hydrogen-bond acceptors (Lipinski definition) is 4. The highest BCUT2D eigenvalue weighted by atomic mass is 35.5. The van der Waals surface area contributed by atoms with Gasteiger partial charge in [0.2, 0.25) is 5.91 Å². The molecule has 1 amide bonds. The Labute approximate surface area is 115 Å². The van der Waals surface area contributed by atoms with Gasteiger partial charge < -0.3 is 15.1 Å². The number of benzene rings is 1. The Bertz CT molecular complexity index is 426. The van der Waals surface area contributed by atoms with Crippen LogP contribution in [0.15, 0.2) is 24.3 Å². The fraction of sp³-hybridized carbons (Fsp3) is 0.417. The number of thioether (sulfide) groups is 1. The van der Waals surface area contributed by atoms with Crippen molar-refractivity contribution in [2.24, 2.45) is 0 Å². The van der Waals surface area contributed by atoms with Crippen molar-refractivity contribution in [3.63, 3.8) is 0 Å². The molecule has 0 aromatic heterocycles. The molecule has 2 N–H and O–H groups in total. The first-order valence-electron chi connectivity index (χ1n) is 5.57. The largest absolute Gasteiger partial charge is 0.394 e. The summed E-state index contributed by atoms with van der Waals surface area (Å²) in [6, 6.07) is 7.30. The van der Waals surface area contributed by atoms with Crippen molar-refractivity contribution in [2.75, 3.05) is 18.9 Å². The van der Waals surface area contributed by atoms with Gasteiger partial charge in [-0.1, -0.05) is 23.7 Å². The van der Waals surface area contributed by atoms with Crippen molar-refractivity contribution in [3.8, 4) is 0 Å². The summed E-state index contributed by atoms with van der Waals surface area (Å²) in [6.07, 6.45) is -0.901. The maximum Gasteiger partial charge on any atom is 0.233 e. The number of amides is 1. The van der Waals surface area contributed by atoms with Gasteiger partial charge in [0.15, 0.2) is 0 Å². The van der Waals surface area contributed by atoms with Gasteiger partial charge in [0.25, 0.3) is 0 Å². The van der Waals surface area contributed by atoms with Crippen molar-refractivity contribution >= 4 is 29.3 Å². The molecule has 1 aromatic rings. The van der Waals surface area contributed by atoms with Gasteiger partial charge in [-0.05, 0) is 17.7 Å². The predicted molar refractivity (Wildman–Crippen MR) is 71.5 cm³/mol. The number of hydrogen-bond donors (Lipinski definition) is 2. The van der Waals surface area contributed by atoms with Gasteiger partial charge in [-0.15, -0.1) is 11.8 Å². The van der Waals surface area contributed by atoms with Crippen LogP contribution in [0.1, 0.15) is 10.9 Å². The van der Waals surface area contributed by atoms with Gasteiger partial charge in [-0.2, -0.15) is 0 Å². The summed E-state index contributed by atoms with van der Waals surface area (Å²) in [4.78, 5) is 13.4. The van der Waals surface area contributed by atoms with Crippen LogP contribution in [-0.4, -0.2) is 46.0 Å². The molecule has 0 saturated carbocycles. The molecule has 98 valence electrons. The molecule has 18 heavy (non-hydrogen) atoms. The van der Waals surface area contributed by atoms with E-state index in [-0.39, 0.29) is 24.4 Å². The molecule has 6 heteroatoms. The number of aliphatic hydroxyl groups is 2. The van der Waals surface area contributed by atoms with Crippen LogP contribution in [0, 0.1) is 0 Å². The maximum absolute atomic E-state index is 11.8. The lowest BCUT2D eigenvalue weighted by atomic mass is 10.2. The number of halogens is 1. The van der Waals surface area contributed by atoms with E-state index in [4.69, 9.17) is 16.7 Å². The first kappa shape index (κ1) is 13.7. The fourth-order valence-corrected chi connectivity index (χ4v) is 3.17. The lowest BCUT2D eigenvalue weighted by Crippen LogP contribution is -2.37. The smallest absolute Gasteiger partial charge is 0.233 e. The molecule has 0 radical (unpaired) electrons. The fourth-order valence-electron chi connectivity index (χ4n) is 1.84. The third-order valence-corrected chi connectivity index (χ3v) is 4.25. The lowest BCUT2D eigenvalue weighted by molar-refractivity contribution is -0.129. The molecule has 0 aliphatic carbocycles. The van der Waals surface area contributed by atoms with Crippen LogP contribution in [0.2, 0.25) is 5.02 Å². The molecular formula is C12H14ClNO3S. The molecule has 1 aliphatic rings. The molecule has 1 heterocycles. The van der Waals surface area contributed by atoms with Crippen molar-refractivity contribution < 1.29 is 15.0 Å². The van der Waals surface area contributed by atoms with Crippen LogP contribution in [0.5, 0.6) is 0 Å². The Morgan fingerprint density at radius 1 is 1.44 bits per heavy atom. The highest BCUT2D eigenvalue weighted by Crippen LogP contribution is 2.38. The molecule has 2 rings (SSSR count). The zero-order valence-electron chi connectivity index (χ0n) is 9.62. The monoisotopic (exact) mass is 287 g/mol. The predicted octanol–water partition coefficient (Wildman–Crippen LogP) is 1.27. The number of nitrogens with zero attached hydrogens (tertiary/aromatic N) is 1. The Balaban J connectivity index is 2.15. The van der Waals surface area contributed by atoms with Gasteiger partial charge >= 0.3 is 0 Å². The minimum Gasteiger partial charge on any atom is -0.394 e. The summed E-state index contributed by atoms with van der Waals surface area (Å²) in [5, 5.41) is 18.9. The molecule has 1 aliphatic heterocycles. The van der Waals surface area contributed by atoms with Gasteiger partial charge in [0, 0.05) is 5.02 Å². The molecule has 1 unspecified atom stereocenters. The van der Waals surface area contributed by atoms with E-state index in [1.165, 1.54) is 11.8 Å². The molecule has 4 nitrogen and oxygen atoms in total. The molecular weight excluding hydrogens is 274 g/mol. The standard InChI is InChI=1S/C12H14ClNO3S/c13-9-3-1-8(2-4-9)12-14(5-10(16)6-15)11(17)7-18-12/h1-4,10,12,15-16H,5-7H2/t10-,12?/m0/s1. The number of carbonyl (C=O) groups excluding carboxylic acids is 1. The topological polar surface area (TPSA) is 60.8 Å². The number of carbonyl (C=O) groups is 1. The summed E-state index contributed by atoms with van der Waals surface area (Å²) in [6.45, 7) is -0.197. The molecule has 1 saturated heterocycles. The normalized spacial score (nSPS) is 21.4. The highest BCUT2D eigenvalue weighted by Gasteiger charge is 2.33. The van der Waals surface area contributed by atoms with Gasteiger partial charge in [0.1, 0.15) is 5.37 Å². The van der Waals surface area contributed by atoms with E-state index < -0.39 is 6.10 Å². The summed E-state index contributed by atoms with van der Waals surface area (Å²) >= 11 is 7.34. The summed E-state index contributed by atoms with van der Waals surface area (Å²) < 4.78 is 0. The van der Waals surface area contributed by atoms with Crippen LogP contribution in [0.4, 0.5) is 0 Å². The zero-order chi connectivity index (χ0) is 13.1. The minimum absolute atomic E-state index is 0.0209. The van der Waals surface area contributed by atoms with E-state index >= 15 is 0 Å². The lowest BCUT2D eigenvalue weighted by Gasteiger charge is -2.26. The van der Waals surface area contributed by atoms with Gasteiger partial charge in [-0.25, -0.2) is 0 Å². The van der Waals surface area contributed by atoms with Crippen LogP contribution < -0.4 is 0 Å². The molecule has 1 aromatic carbocycles. The molecule has 0 spiro atoms. The van der Waals surface area contributed by atoms with Crippen LogP contribution in [0.3, 0.4) is 0 Å². The highest BCUT2D eigenvalue weighted by molar-refractivity contribution is 8.00. The van der Waals surface area contributed by atoms with Crippen molar-refractivity contribution in [2.45, 2.75) is 11.5 Å². The number of β-amino-alcohol motifs (C(OH)–C–C–N with tert-alkyl or cyclic N) is 1. The number of aliphatic hydroxyl groups excluding tert-OH is 2. The van der Waals surface area contributed by atoms with E-state index in [1.807, 2.05) is 12.1 Å². The molecule has 2 atom stereocenters. The van der Waals surface area contributed by atoms with E-state index in [2.05, 4.69) is 0 Å². The van der Waals surface area contributed by atoms with E-state index in [1.54, 1.807) is 17.0 Å². The van der Waals surface area contributed by atoms with Gasteiger partial charge in [-0.3, -0.25) is 4.79 Å². The van der Waals surface area contributed by atoms with E-state index in [9.17, 15) is 9.90 Å². The van der Waals surface area contributed by atoms with Crippen LogP contribution in [-0.2, 0) is 4.79 Å². The Morgan fingerprint density at radius 2 is 2.11 bits per heavy atom. The van der Waals surface area contributed by atoms with Crippen LogP contribution >= 0.6 is 23.4 Å². The minimum atomic E-state index is -0.901. The first-order chi connectivity index (χ1) is 8.61. The quantitative estimate of drug-likeness (QED) is 0.875. The van der Waals surface area contributed by atoms with Crippen LogP contribution in [0.25, 0.3) is 0 Å². The Morgan fingerprint density at radius 3 is 2.72 bits per heavy atom. The summed E-state index contributed by atoms with van der Waals surface area (Å²) in [7, 11) is 0. The Kier molecular flexibility index (Phi) is 4.50. The van der Waals surface area contributed by atoms with Gasteiger partial charge in [0.05, 0.1) is 25.0 Å². The second kappa shape index (κ2) is 5.93. The van der Waals surface area contributed by atoms with E-state index in [0.717, 1.165) is 5.56 Å². The number of rotatable bonds is 4. The van der Waals surface area contributed by atoms with Crippen molar-refractivity contribution in [1.82, 2.24) is 4.90 Å². The van der Waals surface area contributed by atoms with Crippen molar-refractivity contribution in [3.05, 3.63) is 34.9 Å². The average Bonchev–Trinajstić information content (AvgIpc) is 2.72. The second-order valence-corrected chi connectivity index (χ2v) is 5.60. The average molecular weight is 288 g/mol. The maximum atomic E-state index is 11.8. The SMILES string of the molecule is O=C1CSC(c2ccc(Cl)cc2)N1C[C@H](O)CO. The summed E-state index contributed by atoms with van der Waals surface area (Å²) in [5.74, 6) is 0.373.